The zero-order valence-electron chi connectivity index (χ0n) is 16.5. The second-order valence-electron chi connectivity index (χ2n) is 6.39. The number of hydrogen-bond donors (Lipinski definition) is 2. The summed E-state index contributed by atoms with van der Waals surface area (Å²) < 4.78 is 16.5. The summed E-state index contributed by atoms with van der Waals surface area (Å²) in [7, 11) is 3.11. The van der Waals surface area contributed by atoms with Crippen LogP contribution in [0.15, 0.2) is 66.7 Å². The molecule has 0 aliphatic rings. The van der Waals surface area contributed by atoms with Gasteiger partial charge in [-0.05, 0) is 41.5 Å². The molecule has 0 aliphatic carbocycles. The number of methoxy groups -OCH3 is 2. The molecule has 150 valence electrons. The quantitative estimate of drug-likeness (QED) is 0.552. The van der Waals surface area contributed by atoms with Crippen molar-refractivity contribution in [3.05, 3.63) is 83.4 Å². The van der Waals surface area contributed by atoms with Crippen molar-refractivity contribution in [1.29, 1.82) is 0 Å². The molecule has 2 N–H and O–H groups in total. The number of phenols is 1. The van der Waals surface area contributed by atoms with Crippen LogP contribution in [0.25, 0.3) is 11.6 Å². The van der Waals surface area contributed by atoms with Gasteiger partial charge in [0.2, 0.25) is 0 Å². The highest BCUT2D eigenvalue weighted by atomic mass is 16.5. The number of aromatic hydroxyl groups is 1. The molecule has 0 saturated carbocycles. The number of hydrogen-bond acceptors (Lipinski definition) is 5. The average Bonchev–Trinajstić information content (AvgIpc) is 2.77. The van der Waals surface area contributed by atoms with E-state index in [0.717, 1.165) is 11.1 Å². The Bertz CT molecular complexity index is 980. The summed E-state index contributed by atoms with van der Waals surface area (Å²) in [5.41, 5.74) is 2.97. The van der Waals surface area contributed by atoms with E-state index in [1.165, 1.54) is 13.2 Å². The van der Waals surface area contributed by atoms with E-state index in [9.17, 15) is 10.2 Å². The van der Waals surface area contributed by atoms with E-state index in [4.69, 9.17) is 14.2 Å². The van der Waals surface area contributed by atoms with Crippen molar-refractivity contribution in [3.8, 4) is 23.0 Å². The Labute approximate surface area is 170 Å². The van der Waals surface area contributed by atoms with Gasteiger partial charge in [-0.25, -0.2) is 0 Å². The Hall–Kier alpha value is -3.44. The molecule has 0 unspecified atom stereocenters. The lowest BCUT2D eigenvalue weighted by Gasteiger charge is -2.14. The van der Waals surface area contributed by atoms with Crippen molar-refractivity contribution < 1.29 is 24.4 Å². The van der Waals surface area contributed by atoms with Crippen LogP contribution in [0.1, 0.15) is 16.7 Å². The lowest BCUT2D eigenvalue weighted by molar-refractivity contribution is 0.303. The molecule has 29 heavy (non-hydrogen) atoms. The molecule has 0 aliphatic heterocycles. The van der Waals surface area contributed by atoms with Crippen LogP contribution in [0.3, 0.4) is 0 Å². The molecule has 3 aromatic carbocycles. The largest absolute Gasteiger partial charge is 0.507 e. The smallest absolute Gasteiger partial charge is 0.130 e. The second-order valence-corrected chi connectivity index (χ2v) is 6.39. The lowest BCUT2D eigenvalue weighted by atomic mass is 10.0. The highest BCUT2D eigenvalue weighted by molar-refractivity contribution is 5.86. The van der Waals surface area contributed by atoms with Crippen molar-refractivity contribution in [2.24, 2.45) is 0 Å². The van der Waals surface area contributed by atoms with E-state index in [2.05, 4.69) is 0 Å². The summed E-state index contributed by atoms with van der Waals surface area (Å²) in [5, 5.41) is 20.1. The van der Waals surface area contributed by atoms with Crippen LogP contribution in [0.4, 0.5) is 0 Å². The van der Waals surface area contributed by atoms with Gasteiger partial charge in [0.05, 0.1) is 20.8 Å². The standard InChI is InChI=1S/C24H24O5/c1-27-20-9-8-18(23(26)13-20)12-19(15-25)22-11-10-21(14-24(22)28-2)29-16-17-6-4-3-5-7-17/h3-14,25-26H,15-16H2,1-2H3/b19-12-. The molecule has 0 amide bonds. The Morgan fingerprint density at radius 1 is 0.897 bits per heavy atom. The van der Waals surface area contributed by atoms with Gasteiger partial charge in [-0.15, -0.1) is 0 Å². The van der Waals surface area contributed by atoms with Gasteiger partial charge in [0.25, 0.3) is 0 Å². The number of rotatable bonds is 8. The maximum Gasteiger partial charge on any atom is 0.130 e. The van der Waals surface area contributed by atoms with Crippen LogP contribution in [0, 0.1) is 0 Å². The molecule has 5 heteroatoms. The van der Waals surface area contributed by atoms with Gasteiger partial charge >= 0.3 is 0 Å². The first-order valence-electron chi connectivity index (χ1n) is 9.18. The van der Waals surface area contributed by atoms with Crippen LogP contribution in [-0.2, 0) is 6.61 Å². The number of phenolic OH excluding ortho intramolecular Hbond substituents is 1. The average molecular weight is 392 g/mol. The predicted octanol–water partition coefficient (Wildman–Crippen LogP) is 4.52. The minimum absolute atomic E-state index is 0.0667. The molecule has 0 fully saturated rings. The topological polar surface area (TPSA) is 68.2 Å². The Balaban J connectivity index is 1.86. The van der Waals surface area contributed by atoms with E-state index < -0.39 is 0 Å². The van der Waals surface area contributed by atoms with Crippen LogP contribution in [-0.4, -0.2) is 31.0 Å². The van der Waals surface area contributed by atoms with E-state index in [1.807, 2.05) is 42.5 Å². The Kier molecular flexibility index (Phi) is 6.76. The third-order valence-corrected chi connectivity index (χ3v) is 4.50. The third-order valence-electron chi connectivity index (χ3n) is 4.50. The number of aliphatic hydroxyl groups excluding tert-OH is 1. The molecule has 3 aromatic rings. The molecule has 0 atom stereocenters. The first kappa shape index (κ1) is 20.3. The molecule has 0 saturated heterocycles. The lowest BCUT2D eigenvalue weighted by Crippen LogP contribution is -1.99. The summed E-state index contributed by atoms with van der Waals surface area (Å²) in [6.07, 6.45) is 1.72. The fourth-order valence-electron chi connectivity index (χ4n) is 2.94. The molecule has 0 heterocycles. The van der Waals surface area contributed by atoms with Crippen molar-refractivity contribution in [3.63, 3.8) is 0 Å². The van der Waals surface area contributed by atoms with E-state index in [-0.39, 0.29) is 12.4 Å². The number of ether oxygens (including phenoxy) is 3. The summed E-state index contributed by atoms with van der Waals surface area (Å²) in [5.74, 6) is 1.86. The molecular formula is C24H24O5. The molecule has 0 bridgehead atoms. The van der Waals surface area contributed by atoms with Gasteiger partial charge in [-0.2, -0.15) is 0 Å². The van der Waals surface area contributed by atoms with Crippen LogP contribution >= 0.6 is 0 Å². The zero-order chi connectivity index (χ0) is 20.6. The third kappa shape index (κ3) is 5.09. The van der Waals surface area contributed by atoms with E-state index >= 15 is 0 Å². The van der Waals surface area contributed by atoms with Crippen molar-refractivity contribution in [1.82, 2.24) is 0 Å². The summed E-state index contributed by atoms with van der Waals surface area (Å²) in [4.78, 5) is 0. The Morgan fingerprint density at radius 3 is 2.31 bits per heavy atom. The van der Waals surface area contributed by atoms with Gasteiger partial charge < -0.3 is 24.4 Å². The van der Waals surface area contributed by atoms with Gasteiger partial charge in [0, 0.05) is 23.3 Å². The zero-order valence-corrected chi connectivity index (χ0v) is 16.5. The van der Waals surface area contributed by atoms with Crippen molar-refractivity contribution >= 4 is 11.6 Å². The highest BCUT2D eigenvalue weighted by Gasteiger charge is 2.11. The molecule has 0 radical (unpaired) electrons. The minimum atomic E-state index is -0.216. The van der Waals surface area contributed by atoms with Gasteiger partial charge in [-0.1, -0.05) is 30.3 Å². The molecule has 3 rings (SSSR count). The summed E-state index contributed by atoms with van der Waals surface area (Å²) in [6, 6.07) is 20.4. The normalized spacial score (nSPS) is 11.2. The maximum absolute atomic E-state index is 10.2. The first-order valence-corrected chi connectivity index (χ1v) is 9.18. The maximum atomic E-state index is 10.2. The van der Waals surface area contributed by atoms with Crippen LogP contribution < -0.4 is 14.2 Å². The summed E-state index contributed by atoms with van der Waals surface area (Å²) in [6.45, 7) is 0.234. The molecule has 0 spiro atoms. The number of benzene rings is 3. The van der Waals surface area contributed by atoms with Gasteiger partial charge in [0.1, 0.15) is 29.6 Å². The van der Waals surface area contributed by atoms with Crippen LogP contribution in [0.2, 0.25) is 0 Å². The first-order chi connectivity index (χ1) is 14.1. The minimum Gasteiger partial charge on any atom is -0.507 e. The van der Waals surface area contributed by atoms with Crippen molar-refractivity contribution in [2.75, 3.05) is 20.8 Å². The molecule has 5 nitrogen and oxygen atoms in total. The SMILES string of the molecule is COc1ccc(/C=C(/CO)c2ccc(OCc3ccccc3)cc2OC)c(O)c1. The Morgan fingerprint density at radius 2 is 1.66 bits per heavy atom. The predicted molar refractivity (Wildman–Crippen MR) is 113 cm³/mol. The van der Waals surface area contributed by atoms with Gasteiger partial charge in [0.15, 0.2) is 0 Å². The van der Waals surface area contributed by atoms with E-state index in [0.29, 0.717) is 35.0 Å². The second kappa shape index (κ2) is 9.66. The fourth-order valence-corrected chi connectivity index (χ4v) is 2.94. The highest BCUT2D eigenvalue weighted by Crippen LogP contribution is 2.33. The van der Waals surface area contributed by atoms with Crippen molar-refractivity contribution in [2.45, 2.75) is 6.61 Å². The molecular weight excluding hydrogens is 368 g/mol. The summed E-state index contributed by atoms with van der Waals surface area (Å²) >= 11 is 0. The molecule has 0 aromatic heterocycles. The fraction of sp³-hybridized carbons (Fsp3) is 0.167. The van der Waals surface area contributed by atoms with Crippen LogP contribution in [0.5, 0.6) is 23.0 Å². The van der Waals surface area contributed by atoms with Gasteiger partial charge in [-0.3, -0.25) is 0 Å². The van der Waals surface area contributed by atoms with E-state index in [1.54, 1.807) is 31.4 Å². The monoisotopic (exact) mass is 392 g/mol. The number of aliphatic hydroxyl groups is 1.